The third kappa shape index (κ3) is 3.67. The molecule has 0 aliphatic carbocycles. The fourth-order valence-corrected chi connectivity index (χ4v) is 4.89. The van der Waals surface area contributed by atoms with Gasteiger partial charge in [0.25, 0.3) is 0 Å². The van der Waals surface area contributed by atoms with Crippen LogP contribution in [0.1, 0.15) is 40.9 Å². The van der Waals surface area contributed by atoms with Gasteiger partial charge in [-0.3, -0.25) is 0 Å². The van der Waals surface area contributed by atoms with Crippen LogP contribution < -0.4 is 9.47 Å². The highest BCUT2D eigenvalue weighted by atomic mass is 16.7. The summed E-state index contributed by atoms with van der Waals surface area (Å²) in [7, 11) is 1.49. The molecule has 3 heterocycles. The molecule has 3 aliphatic heterocycles. The average molecular weight is 476 g/mol. The summed E-state index contributed by atoms with van der Waals surface area (Å²) in [5.74, 6) is 0.711. The van der Waals surface area contributed by atoms with Crippen molar-refractivity contribution in [1.82, 2.24) is 0 Å². The van der Waals surface area contributed by atoms with E-state index in [0.717, 1.165) is 5.56 Å². The van der Waals surface area contributed by atoms with Crippen LogP contribution in [0, 0.1) is 6.92 Å². The van der Waals surface area contributed by atoms with Crippen molar-refractivity contribution < 1.29 is 49.2 Å². The number of aliphatic hydroxyl groups is 3. The molecule has 0 spiro atoms. The minimum Gasteiger partial charge on any atom is -0.508 e. The van der Waals surface area contributed by atoms with Crippen molar-refractivity contribution in [3.63, 3.8) is 0 Å². The van der Waals surface area contributed by atoms with E-state index in [4.69, 9.17) is 23.7 Å². The third-order valence-electron chi connectivity index (χ3n) is 6.69. The zero-order chi connectivity index (χ0) is 24.1. The number of methoxy groups -OCH3 is 1. The molecule has 10 nitrogen and oxygen atoms in total. The van der Waals surface area contributed by atoms with Gasteiger partial charge in [-0.1, -0.05) is 12.1 Å². The maximum atomic E-state index is 11.0. The van der Waals surface area contributed by atoms with Crippen molar-refractivity contribution >= 4 is 0 Å². The molecule has 2 aromatic carbocycles. The molecule has 2 aromatic rings. The lowest BCUT2D eigenvalue weighted by Crippen LogP contribution is -2.60. The van der Waals surface area contributed by atoms with Crippen molar-refractivity contribution in [2.75, 3.05) is 13.7 Å². The Kier molecular flexibility index (Phi) is 6.05. The Morgan fingerprint density at radius 2 is 1.71 bits per heavy atom. The van der Waals surface area contributed by atoms with Crippen LogP contribution in [-0.2, 0) is 20.8 Å². The SMILES string of the molecule is COCc1c(O)c(C)c2c3c1OC1OC(CO)C(O)C(O)C1OC3CC(c1ccc(O)cc1)O2. The van der Waals surface area contributed by atoms with E-state index in [0.29, 0.717) is 28.9 Å². The summed E-state index contributed by atoms with van der Waals surface area (Å²) < 4.78 is 29.8. The quantitative estimate of drug-likeness (QED) is 0.438. The van der Waals surface area contributed by atoms with Crippen molar-refractivity contribution in [3.05, 3.63) is 46.5 Å². The van der Waals surface area contributed by atoms with Gasteiger partial charge >= 0.3 is 0 Å². The molecule has 0 bridgehead atoms. The molecule has 0 saturated carbocycles. The molecule has 184 valence electrons. The van der Waals surface area contributed by atoms with Gasteiger partial charge < -0.3 is 49.2 Å². The number of benzene rings is 2. The van der Waals surface area contributed by atoms with Crippen LogP contribution in [-0.4, -0.2) is 70.0 Å². The number of phenolic OH excluding ortho intramolecular Hbond substituents is 2. The second kappa shape index (κ2) is 8.88. The van der Waals surface area contributed by atoms with Crippen LogP contribution in [0.5, 0.6) is 23.0 Å². The number of fused-ring (bicyclic) bond motifs is 1. The van der Waals surface area contributed by atoms with Gasteiger partial charge in [-0.25, -0.2) is 0 Å². The number of ether oxygens (including phenoxy) is 5. The third-order valence-corrected chi connectivity index (χ3v) is 6.69. The molecule has 3 aliphatic rings. The number of hydrogen-bond acceptors (Lipinski definition) is 10. The first-order valence-electron chi connectivity index (χ1n) is 11.1. The Morgan fingerprint density at radius 1 is 0.971 bits per heavy atom. The highest BCUT2D eigenvalue weighted by Crippen LogP contribution is 2.55. The van der Waals surface area contributed by atoms with Crippen LogP contribution >= 0.6 is 0 Å². The zero-order valence-corrected chi connectivity index (χ0v) is 18.7. The monoisotopic (exact) mass is 476 g/mol. The van der Waals surface area contributed by atoms with Crippen LogP contribution in [0.3, 0.4) is 0 Å². The lowest BCUT2D eigenvalue weighted by molar-refractivity contribution is -0.292. The summed E-state index contributed by atoms with van der Waals surface area (Å²) in [6.45, 7) is 1.23. The van der Waals surface area contributed by atoms with Gasteiger partial charge in [-0.15, -0.1) is 0 Å². The van der Waals surface area contributed by atoms with E-state index >= 15 is 0 Å². The Bertz CT molecular complexity index is 1050. The molecule has 34 heavy (non-hydrogen) atoms. The predicted molar refractivity (Wildman–Crippen MR) is 116 cm³/mol. The molecular weight excluding hydrogens is 448 g/mol. The Balaban J connectivity index is 1.63. The van der Waals surface area contributed by atoms with Gasteiger partial charge in [0, 0.05) is 19.1 Å². The molecule has 1 saturated heterocycles. The minimum atomic E-state index is -1.39. The number of aliphatic hydroxyl groups excluding tert-OH is 3. The van der Waals surface area contributed by atoms with E-state index in [-0.39, 0.29) is 23.9 Å². The maximum Gasteiger partial charge on any atom is 0.229 e. The molecule has 10 heteroatoms. The van der Waals surface area contributed by atoms with Gasteiger partial charge in [0.05, 0.1) is 30.4 Å². The molecule has 5 rings (SSSR count). The van der Waals surface area contributed by atoms with Crippen LogP contribution in [0.4, 0.5) is 0 Å². The second-order valence-electron chi connectivity index (χ2n) is 8.80. The number of hydrogen-bond donors (Lipinski definition) is 5. The molecule has 7 unspecified atom stereocenters. The normalized spacial score (nSPS) is 32.1. The first kappa shape index (κ1) is 23.2. The number of rotatable bonds is 4. The first-order chi connectivity index (χ1) is 16.3. The predicted octanol–water partition coefficient (Wildman–Crippen LogP) is 1.33. The van der Waals surface area contributed by atoms with E-state index in [1.807, 2.05) is 0 Å². The fraction of sp³-hybridized carbons (Fsp3) is 0.500. The smallest absolute Gasteiger partial charge is 0.229 e. The van der Waals surface area contributed by atoms with Crippen molar-refractivity contribution in [2.45, 2.75) is 62.9 Å². The summed E-state index contributed by atoms with van der Waals surface area (Å²) in [6, 6.07) is 6.60. The molecule has 5 N–H and O–H groups in total. The highest BCUT2D eigenvalue weighted by Gasteiger charge is 2.51. The average Bonchev–Trinajstić information content (AvgIpc) is 3.00. The van der Waals surface area contributed by atoms with E-state index in [1.165, 1.54) is 7.11 Å². The zero-order valence-electron chi connectivity index (χ0n) is 18.7. The van der Waals surface area contributed by atoms with Gasteiger partial charge in [0.15, 0.2) is 0 Å². The molecule has 0 amide bonds. The molecule has 0 aromatic heterocycles. The van der Waals surface area contributed by atoms with Crippen LogP contribution in [0.2, 0.25) is 0 Å². The topological polar surface area (TPSA) is 147 Å². The fourth-order valence-electron chi connectivity index (χ4n) is 4.89. The maximum absolute atomic E-state index is 11.0. The van der Waals surface area contributed by atoms with E-state index in [9.17, 15) is 25.5 Å². The van der Waals surface area contributed by atoms with Crippen molar-refractivity contribution in [2.24, 2.45) is 0 Å². The lowest BCUT2D eigenvalue weighted by atomic mass is 9.90. The molecule has 1 fully saturated rings. The van der Waals surface area contributed by atoms with Crippen LogP contribution in [0.15, 0.2) is 24.3 Å². The highest BCUT2D eigenvalue weighted by molar-refractivity contribution is 5.63. The largest absolute Gasteiger partial charge is 0.508 e. The molecule has 7 atom stereocenters. The summed E-state index contributed by atoms with van der Waals surface area (Å²) in [6.07, 6.45) is -6.85. The summed E-state index contributed by atoms with van der Waals surface area (Å²) in [5, 5.41) is 51.5. The van der Waals surface area contributed by atoms with Crippen molar-refractivity contribution in [1.29, 1.82) is 0 Å². The summed E-state index contributed by atoms with van der Waals surface area (Å²) in [5.41, 5.74) is 2.20. The number of aromatic hydroxyl groups is 2. The first-order valence-corrected chi connectivity index (χ1v) is 11.1. The molecule has 0 radical (unpaired) electrons. The van der Waals surface area contributed by atoms with Gasteiger partial charge in [-0.05, 0) is 24.6 Å². The summed E-state index contributed by atoms with van der Waals surface area (Å²) >= 11 is 0. The Hall–Kier alpha value is -2.60. The second-order valence-corrected chi connectivity index (χ2v) is 8.80. The van der Waals surface area contributed by atoms with Crippen LogP contribution in [0.25, 0.3) is 0 Å². The van der Waals surface area contributed by atoms with E-state index < -0.39 is 49.5 Å². The standard InChI is InChI=1S/C24H28O10/c1-10-18(27)13(9-30-2)22-17-15(7-14(31-21(10)17)11-3-5-12(26)6-4-11)32-23-20(29)19(28)16(8-25)33-24(23)34-22/h3-6,14-16,19-20,23-29H,7-9H2,1-2H3. The summed E-state index contributed by atoms with van der Waals surface area (Å²) in [4.78, 5) is 0. The van der Waals surface area contributed by atoms with Gasteiger partial charge in [0.2, 0.25) is 6.29 Å². The van der Waals surface area contributed by atoms with E-state index in [1.54, 1.807) is 31.2 Å². The Labute approximate surface area is 195 Å². The number of phenols is 2. The lowest BCUT2D eigenvalue weighted by Gasteiger charge is -2.41. The van der Waals surface area contributed by atoms with Gasteiger partial charge in [0.1, 0.15) is 53.5 Å². The van der Waals surface area contributed by atoms with Crippen molar-refractivity contribution in [3.8, 4) is 23.0 Å². The Morgan fingerprint density at radius 3 is 2.38 bits per heavy atom. The minimum absolute atomic E-state index is 0.0371. The van der Waals surface area contributed by atoms with E-state index in [2.05, 4.69) is 0 Å². The molecular formula is C24H28O10. The van der Waals surface area contributed by atoms with Gasteiger partial charge in [-0.2, -0.15) is 0 Å².